The molecular weight excluding hydrogens is 358 g/mol. The number of rotatable bonds is 10. The molecule has 0 rings (SSSR count). The molecule has 16 heavy (non-hydrogen) atoms. The van der Waals surface area contributed by atoms with Crippen LogP contribution < -0.4 is 0 Å². The molecule has 0 amide bonds. The van der Waals surface area contributed by atoms with Gasteiger partial charge in [-0.3, -0.25) is 0 Å². The molecule has 0 spiro atoms. The van der Waals surface area contributed by atoms with Crippen LogP contribution in [0.5, 0.6) is 0 Å². The summed E-state index contributed by atoms with van der Waals surface area (Å²) in [6, 6.07) is 0. The minimum absolute atomic E-state index is 0.0930. The van der Waals surface area contributed by atoms with Gasteiger partial charge in [-0.05, 0) is 12.3 Å². The SMILES string of the molecule is CCCCC(CC)COC(CCl)C(I)CCl. The number of hydrogen-bond donors (Lipinski definition) is 0. The molecule has 0 aliphatic heterocycles. The Kier molecular flexibility index (Phi) is 12.3. The molecule has 0 aromatic heterocycles. The van der Waals surface area contributed by atoms with Gasteiger partial charge in [-0.15, -0.1) is 23.2 Å². The molecule has 0 heterocycles. The van der Waals surface area contributed by atoms with Crippen molar-refractivity contribution in [3.8, 4) is 0 Å². The van der Waals surface area contributed by atoms with E-state index >= 15 is 0 Å². The Morgan fingerprint density at radius 3 is 2.31 bits per heavy atom. The molecule has 3 unspecified atom stereocenters. The molecule has 0 aliphatic rings. The predicted molar refractivity (Wildman–Crippen MR) is 82.3 cm³/mol. The van der Waals surface area contributed by atoms with E-state index in [1.54, 1.807) is 0 Å². The highest BCUT2D eigenvalue weighted by molar-refractivity contribution is 14.1. The van der Waals surface area contributed by atoms with E-state index in [4.69, 9.17) is 27.9 Å². The predicted octanol–water partition coefficient (Wildman–Crippen LogP) is 4.87. The summed E-state index contributed by atoms with van der Waals surface area (Å²) in [4.78, 5) is 0. The van der Waals surface area contributed by atoms with E-state index in [2.05, 4.69) is 36.4 Å². The maximum Gasteiger partial charge on any atom is 0.0839 e. The molecular formula is C12H23Cl2IO. The van der Waals surface area contributed by atoms with Crippen molar-refractivity contribution in [2.75, 3.05) is 18.4 Å². The van der Waals surface area contributed by atoms with Gasteiger partial charge in [0.2, 0.25) is 0 Å². The van der Waals surface area contributed by atoms with Crippen LogP contribution in [0.1, 0.15) is 39.5 Å². The minimum atomic E-state index is 0.0930. The van der Waals surface area contributed by atoms with Gasteiger partial charge >= 0.3 is 0 Å². The molecule has 3 atom stereocenters. The maximum atomic E-state index is 5.88. The Labute approximate surface area is 124 Å². The highest BCUT2D eigenvalue weighted by atomic mass is 127. The second-order valence-electron chi connectivity index (χ2n) is 4.11. The average molecular weight is 381 g/mol. The molecule has 0 bridgehead atoms. The molecule has 0 aromatic carbocycles. The van der Waals surface area contributed by atoms with Gasteiger partial charge in [0.15, 0.2) is 0 Å². The minimum Gasteiger partial charge on any atom is -0.376 e. The summed E-state index contributed by atoms with van der Waals surface area (Å²) in [6.07, 6.45) is 5.08. The van der Waals surface area contributed by atoms with Gasteiger partial charge in [0.1, 0.15) is 0 Å². The normalized spacial score (nSPS) is 17.1. The lowest BCUT2D eigenvalue weighted by atomic mass is 10.0. The summed E-state index contributed by atoms with van der Waals surface area (Å²) >= 11 is 14.0. The first kappa shape index (κ1) is 17.3. The van der Waals surface area contributed by atoms with Crippen molar-refractivity contribution in [2.24, 2.45) is 5.92 Å². The third-order valence-electron chi connectivity index (χ3n) is 2.79. The lowest BCUT2D eigenvalue weighted by molar-refractivity contribution is 0.0425. The van der Waals surface area contributed by atoms with E-state index in [1.165, 1.54) is 25.7 Å². The molecule has 1 nitrogen and oxygen atoms in total. The maximum absolute atomic E-state index is 5.88. The number of hydrogen-bond acceptors (Lipinski definition) is 1. The quantitative estimate of drug-likeness (QED) is 0.388. The number of halogens is 3. The smallest absolute Gasteiger partial charge is 0.0839 e. The molecule has 98 valence electrons. The molecule has 0 aromatic rings. The summed E-state index contributed by atoms with van der Waals surface area (Å²) in [5, 5.41) is 0. The fourth-order valence-corrected chi connectivity index (χ4v) is 2.77. The third-order valence-corrected chi connectivity index (χ3v) is 5.19. The van der Waals surface area contributed by atoms with Gasteiger partial charge < -0.3 is 4.74 Å². The van der Waals surface area contributed by atoms with E-state index in [9.17, 15) is 0 Å². The Hall–Kier alpha value is 1.27. The highest BCUT2D eigenvalue weighted by Gasteiger charge is 2.19. The van der Waals surface area contributed by atoms with E-state index in [0.717, 1.165) is 6.61 Å². The molecule has 0 saturated heterocycles. The van der Waals surface area contributed by atoms with Gasteiger partial charge in [0, 0.05) is 18.4 Å². The zero-order valence-electron chi connectivity index (χ0n) is 10.2. The van der Waals surface area contributed by atoms with Crippen LogP contribution in [0.3, 0.4) is 0 Å². The second kappa shape index (κ2) is 11.4. The van der Waals surface area contributed by atoms with Crippen molar-refractivity contribution >= 4 is 45.8 Å². The molecule has 0 saturated carbocycles. The van der Waals surface area contributed by atoms with Crippen LogP contribution in [-0.4, -0.2) is 28.4 Å². The summed E-state index contributed by atoms with van der Waals surface area (Å²) < 4.78 is 6.18. The van der Waals surface area contributed by atoms with E-state index < -0.39 is 0 Å². The van der Waals surface area contributed by atoms with Crippen molar-refractivity contribution in [1.29, 1.82) is 0 Å². The summed E-state index contributed by atoms with van der Waals surface area (Å²) in [5.41, 5.74) is 0. The van der Waals surface area contributed by atoms with Crippen LogP contribution in [0, 0.1) is 5.92 Å². The topological polar surface area (TPSA) is 9.23 Å². The van der Waals surface area contributed by atoms with Crippen LogP contribution in [0.25, 0.3) is 0 Å². The number of alkyl halides is 3. The molecule has 4 heteroatoms. The van der Waals surface area contributed by atoms with Crippen LogP contribution in [0.15, 0.2) is 0 Å². The van der Waals surface area contributed by atoms with Crippen molar-refractivity contribution in [3.05, 3.63) is 0 Å². The Morgan fingerprint density at radius 2 is 1.88 bits per heavy atom. The largest absolute Gasteiger partial charge is 0.376 e. The summed E-state index contributed by atoms with van der Waals surface area (Å²) in [5.74, 6) is 1.80. The molecule has 0 aliphatic carbocycles. The molecule has 0 radical (unpaired) electrons. The summed E-state index contributed by atoms with van der Waals surface area (Å²) in [6.45, 7) is 5.27. The van der Waals surface area contributed by atoms with Crippen LogP contribution >= 0.6 is 45.8 Å². The van der Waals surface area contributed by atoms with E-state index in [0.29, 0.717) is 21.6 Å². The zero-order valence-corrected chi connectivity index (χ0v) is 13.9. The van der Waals surface area contributed by atoms with Crippen molar-refractivity contribution < 1.29 is 4.74 Å². The van der Waals surface area contributed by atoms with Gasteiger partial charge in [0.25, 0.3) is 0 Å². The monoisotopic (exact) mass is 380 g/mol. The van der Waals surface area contributed by atoms with Crippen LogP contribution in [0.4, 0.5) is 0 Å². The fraction of sp³-hybridized carbons (Fsp3) is 1.00. The van der Waals surface area contributed by atoms with Gasteiger partial charge in [-0.2, -0.15) is 0 Å². The van der Waals surface area contributed by atoms with Crippen LogP contribution in [0.2, 0.25) is 0 Å². The standard InChI is InChI=1S/C12H23Cl2IO/c1-3-5-6-10(4-2)9-16-12(8-14)11(15)7-13/h10-12H,3-9H2,1-2H3. The average Bonchev–Trinajstić information content (AvgIpc) is 2.33. The van der Waals surface area contributed by atoms with Crippen molar-refractivity contribution in [2.45, 2.75) is 49.6 Å². The van der Waals surface area contributed by atoms with Crippen LogP contribution in [-0.2, 0) is 4.74 Å². The lowest BCUT2D eigenvalue weighted by Gasteiger charge is -2.22. The van der Waals surface area contributed by atoms with Gasteiger partial charge in [0.05, 0.1) is 10.0 Å². The first-order chi connectivity index (χ1) is 7.69. The van der Waals surface area contributed by atoms with Gasteiger partial charge in [-0.25, -0.2) is 0 Å². The Morgan fingerprint density at radius 1 is 1.19 bits per heavy atom. The van der Waals surface area contributed by atoms with Crippen molar-refractivity contribution in [1.82, 2.24) is 0 Å². The highest BCUT2D eigenvalue weighted by Crippen LogP contribution is 2.18. The third kappa shape index (κ3) is 7.57. The molecule has 0 fully saturated rings. The van der Waals surface area contributed by atoms with E-state index in [1.807, 2.05) is 0 Å². The first-order valence-electron chi connectivity index (χ1n) is 6.07. The van der Waals surface area contributed by atoms with Gasteiger partial charge in [-0.1, -0.05) is 55.7 Å². The Balaban J connectivity index is 3.87. The fourth-order valence-electron chi connectivity index (χ4n) is 1.50. The zero-order chi connectivity index (χ0) is 12.4. The number of ether oxygens (including phenoxy) is 1. The Bertz CT molecular complexity index is 158. The van der Waals surface area contributed by atoms with E-state index in [-0.39, 0.29) is 6.10 Å². The van der Waals surface area contributed by atoms with Crippen molar-refractivity contribution in [3.63, 3.8) is 0 Å². The lowest BCUT2D eigenvalue weighted by Crippen LogP contribution is -2.29. The number of unbranched alkanes of at least 4 members (excludes halogenated alkanes) is 1. The second-order valence-corrected chi connectivity index (χ2v) is 6.33. The summed E-state index contributed by atoms with van der Waals surface area (Å²) in [7, 11) is 0. The molecule has 0 N–H and O–H groups in total. The first-order valence-corrected chi connectivity index (χ1v) is 8.38.